The molecule has 48 heavy (non-hydrogen) atoms. The van der Waals surface area contributed by atoms with Gasteiger partial charge in [0.05, 0.1) is 0 Å². The number of hydrogen-bond donors (Lipinski definition) is 1. The normalized spacial score (nSPS) is 20.9. The van der Waals surface area contributed by atoms with Crippen molar-refractivity contribution >= 4 is 29.8 Å². The van der Waals surface area contributed by atoms with Crippen LogP contribution in [0.4, 0.5) is 0 Å². The zero-order chi connectivity index (χ0) is 36.0. The lowest BCUT2D eigenvalue weighted by Gasteiger charge is -2.42. The highest BCUT2D eigenvalue weighted by atomic mass is 16.7. The monoisotopic (exact) mass is 686 g/mol. The van der Waals surface area contributed by atoms with Crippen LogP contribution in [0.15, 0.2) is 0 Å². The predicted octanol–water partition coefficient (Wildman–Crippen LogP) is 6.97. The van der Waals surface area contributed by atoms with E-state index in [9.17, 15) is 29.1 Å². The molecule has 0 saturated carbocycles. The van der Waals surface area contributed by atoms with Crippen LogP contribution >= 0.6 is 0 Å². The predicted molar refractivity (Wildman–Crippen MR) is 178 cm³/mol. The van der Waals surface area contributed by atoms with Gasteiger partial charge in [-0.3, -0.25) is 19.2 Å². The number of hydrogen-bond acceptors (Lipinski definition) is 11. The van der Waals surface area contributed by atoms with Gasteiger partial charge in [0.2, 0.25) is 0 Å². The fourth-order valence-corrected chi connectivity index (χ4v) is 5.72. The van der Waals surface area contributed by atoms with Gasteiger partial charge in [-0.2, -0.15) is 0 Å². The van der Waals surface area contributed by atoms with E-state index in [1.54, 1.807) is 0 Å². The maximum atomic E-state index is 11.9. The lowest BCUT2D eigenvalue weighted by Crippen LogP contribution is -2.63. The summed E-state index contributed by atoms with van der Waals surface area (Å²) in [5, 5.41) is 9.70. The molecule has 0 spiro atoms. The Hall–Kier alpha value is -2.73. The topological polar surface area (TPSA) is 161 Å². The first-order chi connectivity index (χ1) is 22.7. The SMILES string of the molecule is CC(=O)O[C@@H]1[C@@H](OC(C)=O)[C@H](OCCCCCCCCCCCCCCCCCCCC(=O)OC(C)(C)C)O[C@H](C(=O)O)[C@H]1OC(C)=O. The van der Waals surface area contributed by atoms with Gasteiger partial charge >= 0.3 is 29.8 Å². The number of carbonyl (C=O) groups excluding carboxylic acids is 4. The first-order valence-corrected chi connectivity index (χ1v) is 17.9. The highest BCUT2D eigenvalue weighted by Gasteiger charge is 2.54. The molecule has 1 rings (SSSR count). The van der Waals surface area contributed by atoms with Gasteiger partial charge in [0.15, 0.2) is 30.7 Å². The van der Waals surface area contributed by atoms with Crippen LogP contribution in [0.25, 0.3) is 0 Å². The molecular weight excluding hydrogens is 624 g/mol. The number of rotatable bonds is 25. The quantitative estimate of drug-likeness (QED) is 0.0597. The van der Waals surface area contributed by atoms with Gasteiger partial charge in [-0.05, 0) is 33.6 Å². The van der Waals surface area contributed by atoms with Crippen LogP contribution in [-0.2, 0) is 52.4 Å². The average Bonchev–Trinajstić information content (AvgIpc) is 2.96. The molecule has 0 bridgehead atoms. The Balaban J connectivity index is 2.16. The second kappa shape index (κ2) is 24.4. The van der Waals surface area contributed by atoms with Crippen LogP contribution in [0.1, 0.15) is 157 Å². The van der Waals surface area contributed by atoms with Crippen molar-refractivity contribution in [3.63, 3.8) is 0 Å². The van der Waals surface area contributed by atoms with Gasteiger partial charge < -0.3 is 33.5 Å². The Bertz CT molecular complexity index is 959. The van der Waals surface area contributed by atoms with E-state index in [-0.39, 0.29) is 12.6 Å². The molecule has 0 aromatic heterocycles. The fourth-order valence-electron chi connectivity index (χ4n) is 5.72. The van der Waals surface area contributed by atoms with Crippen molar-refractivity contribution in [2.45, 2.75) is 193 Å². The Morgan fingerprint density at radius 3 is 1.33 bits per heavy atom. The molecule has 0 aromatic rings. The van der Waals surface area contributed by atoms with Gasteiger partial charge in [0.25, 0.3) is 0 Å². The number of carbonyl (C=O) groups is 5. The van der Waals surface area contributed by atoms with Crippen molar-refractivity contribution in [1.29, 1.82) is 0 Å². The van der Waals surface area contributed by atoms with E-state index >= 15 is 0 Å². The minimum Gasteiger partial charge on any atom is -0.479 e. The van der Waals surface area contributed by atoms with Crippen LogP contribution in [0.5, 0.6) is 0 Å². The van der Waals surface area contributed by atoms with Crippen LogP contribution in [0.3, 0.4) is 0 Å². The van der Waals surface area contributed by atoms with Crippen LogP contribution in [-0.4, -0.2) is 77.9 Å². The molecule has 0 aromatic carbocycles. The smallest absolute Gasteiger partial charge is 0.337 e. The lowest BCUT2D eigenvalue weighted by molar-refractivity contribution is -0.301. The standard InChI is InChI=1S/C36H62O12/c1-26(37)44-30-31(45-27(2)38)33(46-28(3)39)35(47-32(30)34(41)42)43-25-23-21-19-17-15-13-11-9-7-8-10-12-14-16-18-20-22-24-29(40)48-36(4,5)6/h30-33,35H,7-25H2,1-6H3,(H,41,42)/t30-,31-,32-,33+,35+/m0/s1. The zero-order valence-corrected chi connectivity index (χ0v) is 30.3. The largest absolute Gasteiger partial charge is 0.479 e. The number of carboxylic acid groups (broad SMARTS) is 1. The van der Waals surface area contributed by atoms with Crippen molar-refractivity contribution in [3.8, 4) is 0 Å². The Kier molecular flexibility index (Phi) is 22.0. The van der Waals surface area contributed by atoms with Crippen LogP contribution in [0, 0.1) is 0 Å². The van der Waals surface area contributed by atoms with Crippen molar-refractivity contribution in [1.82, 2.24) is 0 Å². The summed E-state index contributed by atoms with van der Waals surface area (Å²) in [7, 11) is 0. The highest BCUT2D eigenvalue weighted by Crippen LogP contribution is 2.30. The molecule has 1 saturated heterocycles. The van der Waals surface area contributed by atoms with Gasteiger partial charge in [0.1, 0.15) is 5.60 Å². The third-order valence-electron chi connectivity index (χ3n) is 7.87. The van der Waals surface area contributed by atoms with Crippen molar-refractivity contribution in [3.05, 3.63) is 0 Å². The molecule has 1 aliphatic rings. The van der Waals surface area contributed by atoms with E-state index in [4.69, 9.17) is 28.4 Å². The summed E-state index contributed by atoms with van der Waals surface area (Å²) in [5.74, 6) is -3.83. The summed E-state index contributed by atoms with van der Waals surface area (Å²) in [6, 6.07) is 0. The average molecular weight is 687 g/mol. The summed E-state index contributed by atoms with van der Waals surface area (Å²) in [6.45, 7) is 9.26. The van der Waals surface area contributed by atoms with Gasteiger partial charge in [-0.1, -0.05) is 96.3 Å². The molecule has 0 amide bonds. The third kappa shape index (κ3) is 20.6. The summed E-state index contributed by atoms with van der Waals surface area (Å²) in [6.07, 6.45) is 12.8. The van der Waals surface area contributed by atoms with E-state index in [2.05, 4.69) is 0 Å². The Labute approximate surface area is 287 Å². The molecule has 12 nitrogen and oxygen atoms in total. The second-order valence-electron chi connectivity index (χ2n) is 13.7. The molecule has 1 aliphatic heterocycles. The van der Waals surface area contributed by atoms with E-state index < -0.39 is 60.2 Å². The molecule has 0 radical (unpaired) electrons. The first-order valence-electron chi connectivity index (χ1n) is 17.9. The molecular formula is C36H62O12. The maximum absolute atomic E-state index is 11.9. The number of aliphatic carboxylic acids is 1. The minimum atomic E-state index is -1.69. The number of unbranched alkanes of at least 4 members (excludes halogenated alkanes) is 16. The van der Waals surface area contributed by atoms with E-state index in [0.717, 1.165) is 52.9 Å². The molecule has 1 fully saturated rings. The molecule has 278 valence electrons. The minimum absolute atomic E-state index is 0.0930. The zero-order valence-electron chi connectivity index (χ0n) is 30.3. The summed E-state index contributed by atoms with van der Waals surface area (Å²) in [4.78, 5) is 58.9. The van der Waals surface area contributed by atoms with E-state index in [1.165, 1.54) is 70.6 Å². The number of ether oxygens (including phenoxy) is 6. The summed E-state index contributed by atoms with van der Waals surface area (Å²) >= 11 is 0. The summed E-state index contributed by atoms with van der Waals surface area (Å²) in [5.41, 5.74) is -0.397. The molecule has 5 atom stereocenters. The van der Waals surface area contributed by atoms with Gasteiger partial charge in [-0.15, -0.1) is 0 Å². The van der Waals surface area contributed by atoms with Crippen molar-refractivity contribution < 1.29 is 57.5 Å². The van der Waals surface area contributed by atoms with E-state index in [1.807, 2.05) is 20.8 Å². The van der Waals surface area contributed by atoms with Gasteiger partial charge in [-0.25, -0.2) is 4.79 Å². The number of carboxylic acids is 1. The molecule has 12 heteroatoms. The van der Waals surface area contributed by atoms with Crippen molar-refractivity contribution in [2.75, 3.05) is 6.61 Å². The second-order valence-corrected chi connectivity index (χ2v) is 13.7. The lowest BCUT2D eigenvalue weighted by atomic mass is 9.97. The molecule has 1 heterocycles. The Morgan fingerprint density at radius 2 is 0.938 bits per heavy atom. The van der Waals surface area contributed by atoms with Crippen LogP contribution in [0.2, 0.25) is 0 Å². The van der Waals surface area contributed by atoms with Gasteiger partial charge in [0, 0.05) is 33.8 Å². The Morgan fingerprint density at radius 1 is 0.562 bits per heavy atom. The summed E-state index contributed by atoms with van der Waals surface area (Å²) < 4.78 is 32.4. The first kappa shape index (κ1) is 43.3. The maximum Gasteiger partial charge on any atom is 0.337 e. The highest BCUT2D eigenvalue weighted by molar-refractivity contribution is 5.75. The van der Waals surface area contributed by atoms with Crippen molar-refractivity contribution in [2.24, 2.45) is 0 Å². The van der Waals surface area contributed by atoms with E-state index in [0.29, 0.717) is 12.8 Å². The molecule has 0 aliphatic carbocycles. The molecule has 1 N–H and O–H groups in total. The number of esters is 4. The molecule has 0 unspecified atom stereocenters. The van der Waals surface area contributed by atoms with Crippen LogP contribution < -0.4 is 0 Å². The fraction of sp³-hybridized carbons (Fsp3) is 0.861. The third-order valence-corrected chi connectivity index (χ3v) is 7.87.